The summed E-state index contributed by atoms with van der Waals surface area (Å²) in [6, 6.07) is 9.67. The number of carbonyl (C=O) groups excluding carboxylic acids is 3. The van der Waals surface area contributed by atoms with Gasteiger partial charge in [0.2, 0.25) is 17.7 Å². The molecule has 1 saturated carbocycles. The van der Waals surface area contributed by atoms with Gasteiger partial charge in [-0.05, 0) is 37.8 Å². The highest BCUT2D eigenvalue weighted by molar-refractivity contribution is 5.86. The second-order valence-corrected chi connectivity index (χ2v) is 7.15. The summed E-state index contributed by atoms with van der Waals surface area (Å²) in [6.07, 6.45) is 3.85. The summed E-state index contributed by atoms with van der Waals surface area (Å²) < 4.78 is 5.57. The molecule has 1 atom stereocenters. The van der Waals surface area contributed by atoms with Crippen LogP contribution in [0.25, 0.3) is 0 Å². The molecule has 1 aliphatic carbocycles. The zero-order chi connectivity index (χ0) is 19.1. The Morgan fingerprint density at radius 2 is 1.89 bits per heavy atom. The highest BCUT2D eigenvalue weighted by Crippen LogP contribution is 2.19. The summed E-state index contributed by atoms with van der Waals surface area (Å²) in [4.78, 5) is 38.1. The SMILES string of the molecule is O=C(CNC(=O)C1CCCN(C(=O)CCOc2ccccc2)C1)NC1CC1. The molecule has 1 unspecified atom stereocenters. The van der Waals surface area contributed by atoms with E-state index in [9.17, 15) is 14.4 Å². The Morgan fingerprint density at radius 1 is 1.11 bits per heavy atom. The summed E-state index contributed by atoms with van der Waals surface area (Å²) in [7, 11) is 0. The largest absolute Gasteiger partial charge is 0.493 e. The molecule has 3 amide bonds. The van der Waals surface area contributed by atoms with Crippen LogP contribution in [0.5, 0.6) is 5.75 Å². The quantitative estimate of drug-likeness (QED) is 0.714. The monoisotopic (exact) mass is 373 g/mol. The number of nitrogens with one attached hydrogen (secondary N) is 2. The molecule has 2 aliphatic rings. The zero-order valence-corrected chi connectivity index (χ0v) is 15.5. The van der Waals surface area contributed by atoms with Crippen molar-refractivity contribution in [3.8, 4) is 5.75 Å². The van der Waals surface area contributed by atoms with Crippen molar-refractivity contribution >= 4 is 17.7 Å². The number of amides is 3. The van der Waals surface area contributed by atoms with Crippen LogP contribution in [0.2, 0.25) is 0 Å². The fourth-order valence-electron chi connectivity index (χ4n) is 3.17. The lowest BCUT2D eigenvalue weighted by Crippen LogP contribution is -2.47. The molecule has 7 nitrogen and oxygen atoms in total. The zero-order valence-electron chi connectivity index (χ0n) is 15.5. The van der Waals surface area contributed by atoms with E-state index < -0.39 is 0 Å². The Bertz CT molecular complexity index is 660. The molecule has 1 saturated heterocycles. The van der Waals surface area contributed by atoms with E-state index in [1.807, 2.05) is 30.3 Å². The van der Waals surface area contributed by atoms with E-state index in [4.69, 9.17) is 4.74 Å². The Hall–Kier alpha value is -2.57. The first-order valence-electron chi connectivity index (χ1n) is 9.64. The molecule has 0 bridgehead atoms. The minimum Gasteiger partial charge on any atom is -0.493 e. The van der Waals surface area contributed by atoms with Gasteiger partial charge in [0.15, 0.2) is 0 Å². The van der Waals surface area contributed by atoms with Crippen molar-refractivity contribution in [1.82, 2.24) is 15.5 Å². The second kappa shape index (κ2) is 9.39. The summed E-state index contributed by atoms with van der Waals surface area (Å²) in [5, 5.41) is 5.54. The van der Waals surface area contributed by atoms with Gasteiger partial charge >= 0.3 is 0 Å². The van der Waals surface area contributed by atoms with Gasteiger partial charge in [0.25, 0.3) is 0 Å². The Balaban J connectivity index is 1.37. The molecule has 0 spiro atoms. The van der Waals surface area contributed by atoms with Crippen LogP contribution in [0, 0.1) is 5.92 Å². The molecule has 7 heteroatoms. The maximum absolute atomic E-state index is 12.4. The van der Waals surface area contributed by atoms with E-state index >= 15 is 0 Å². The van der Waals surface area contributed by atoms with Crippen LogP contribution >= 0.6 is 0 Å². The Morgan fingerprint density at radius 3 is 2.63 bits per heavy atom. The lowest BCUT2D eigenvalue weighted by Gasteiger charge is -2.32. The van der Waals surface area contributed by atoms with Crippen LogP contribution < -0.4 is 15.4 Å². The van der Waals surface area contributed by atoms with Crippen LogP contribution in [0.3, 0.4) is 0 Å². The molecule has 0 aromatic heterocycles. The smallest absolute Gasteiger partial charge is 0.239 e. The highest BCUT2D eigenvalue weighted by Gasteiger charge is 2.29. The average Bonchev–Trinajstić information content (AvgIpc) is 3.51. The number of hydrogen-bond acceptors (Lipinski definition) is 4. The van der Waals surface area contributed by atoms with E-state index in [0.717, 1.165) is 31.4 Å². The van der Waals surface area contributed by atoms with Gasteiger partial charge in [-0.15, -0.1) is 0 Å². The number of hydrogen-bond donors (Lipinski definition) is 2. The molecule has 2 fully saturated rings. The van der Waals surface area contributed by atoms with E-state index in [-0.39, 0.29) is 42.6 Å². The predicted octanol–water partition coefficient (Wildman–Crippen LogP) is 1.09. The molecular formula is C20H27N3O4. The molecule has 0 radical (unpaired) electrons. The number of carbonyl (C=O) groups is 3. The van der Waals surface area contributed by atoms with Crippen LogP contribution in [-0.4, -0.2) is 54.9 Å². The van der Waals surface area contributed by atoms with Gasteiger partial charge in [0.05, 0.1) is 25.5 Å². The van der Waals surface area contributed by atoms with Gasteiger partial charge in [-0.2, -0.15) is 0 Å². The number of likely N-dealkylation sites (tertiary alicyclic amines) is 1. The van der Waals surface area contributed by atoms with E-state index in [2.05, 4.69) is 10.6 Å². The average molecular weight is 373 g/mol. The third-order valence-corrected chi connectivity index (χ3v) is 4.84. The van der Waals surface area contributed by atoms with Crippen molar-refractivity contribution in [2.75, 3.05) is 26.2 Å². The Labute approximate surface area is 159 Å². The molecule has 2 N–H and O–H groups in total. The van der Waals surface area contributed by atoms with Crippen molar-refractivity contribution in [3.05, 3.63) is 30.3 Å². The summed E-state index contributed by atoms with van der Waals surface area (Å²) in [5.41, 5.74) is 0. The van der Waals surface area contributed by atoms with E-state index in [1.54, 1.807) is 4.90 Å². The van der Waals surface area contributed by atoms with Crippen LogP contribution in [0.4, 0.5) is 0 Å². The lowest BCUT2D eigenvalue weighted by atomic mass is 9.97. The third-order valence-electron chi connectivity index (χ3n) is 4.84. The standard InChI is InChI=1S/C20H27N3O4/c24-18(22-16-8-9-16)13-21-20(26)15-5-4-11-23(14-15)19(25)10-12-27-17-6-2-1-3-7-17/h1-3,6-7,15-16H,4-5,8-14H2,(H,21,26)(H,22,24). The molecule has 3 rings (SSSR count). The molecule has 1 aromatic carbocycles. The summed E-state index contributed by atoms with van der Waals surface area (Å²) in [6.45, 7) is 1.39. The maximum Gasteiger partial charge on any atom is 0.239 e. The molecule has 1 aromatic rings. The predicted molar refractivity (Wildman–Crippen MR) is 100 cm³/mol. The molecule has 146 valence electrons. The number of nitrogens with zero attached hydrogens (tertiary/aromatic N) is 1. The van der Waals surface area contributed by atoms with Crippen LogP contribution in [-0.2, 0) is 14.4 Å². The molecular weight excluding hydrogens is 346 g/mol. The summed E-state index contributed by atoms with van der Waals surface area (Å²) in [5.74, 6) is 0.179. The van der Waals surface area contributed by atoms with Gasteiger partial charge in [-0.1, -0.05) is 18.2 Å². The first-order valence-corrected chi connectivity index (χ1v) is 9.64. The van der Waals surface area contributed by atoms with Crippen molar-refractivity contribution in [1.29, 1.82) is 0 Å². The third kappa shape index (κ3) is 6.27. The highest BCUT2D eigenvalue weighted by atomic mass is 16.5. The minimum atomic E-state index is -0.258. The maximum atomic E-state index is 12.4. The minimum absolute atomic E-state index is 0.00466. The Kier molecular flexibility index (Phi) is 6.68. The first-order chi connectivity index (χ1) is 13.1. The van der Waals surface area contributed by atoms with E-state index in [1.165, 1.54) is 0 Å². The fourth-order valence-corrected chi connectivity index (χ4v) is 3.17. The topological polar surface area (TPSA) is 87.7 Å². The van der Waals surface area contributed by atoms with Gasteiger partial charge in [-0.3, -0.25) is 14.4 Å². The number of ether oxygens (including phenoxy) is 1. The second-order valence-electron chi connectivity index (χ2n) is 7.15. The molecule has 27 heavy (non-hydrogen) atoms. The van der Waals surface area contributed by atoms with Crippen LogP contribution in [0.15, 0.2) is 30.3 Å². The first kappa shape index (κ1) is 19.2. The molecule has 1 heterocycles. The number of rotatable bonds is 8. The van der Waals surface area contributed by atoms with Gasteiger partial charge < -0.3 is 20.3 Å². The number of para-hydroxylation sites is 1. The van der Waals surface area contributed by atoms with Crippen molar-refractivity contribution < 1.29 is 19.1 Å². The van der Waals surface area contributed by atoms with Crippen molar-refractivity contribution in [2.45, 2.75) is 38.1 Å². The lowest BCUT2D eigenvalue weighted by molar-refractivity contribution is -0.136. The van der Waals surface area contributed by atoms with Crippen molar-refractivity contribution in [2.24, 2.45) is 5.92 Å². The number of benzene rings is 1. The van der Waals surface area contributed by atoms with Gasteiger partial charge in [-0.25, -0.2) is 0 Å². The van der Waals surface area contributed by atoms with Crippen molar-refractivity contribution in [3.63, 3.8) is 0 Å². The van der Waals surface area contributed by atoms with Crippen LogP contribution in [0.1, 0.15) is 32.1 Å². The molecule has 1 aliphatic heterocycles. The van der Waals surface area contributed by atoms with E-state index in [0.29, 0.717) is 19.7 Å². The number of piperidine rings is 1. The fraction of sp³-hybridized carbons (Fsp3) is 0.550. The summed E-state index contributed by atoms with van der Waals surface area (Å²) >= 11 is 0. The van der Waals surface area contributed by atoms with Gasteiger partial charge in [0, 0.05) is 19.1 Å². The normalized spacial score (nSPS) is 19.3. The van der Waals surface area contributed by atoms with Gasteiger partial charge in [0.1, 0.15) is 5.75 Å².